The lowest BCUT2D eigenvalue weighted by Crippen LogP contribution is -2.23. The number of benzene rings is 3. The van der Waals surface area contributed by atoms with Crippen molar-refractivity contribution in [2.75, 3.05) is 25.1 Å². The van der Waals surface area contributed by atoms with E-state index in [0.717, 1.165) is 22.6 Å². The zero-order chi connectivity index (χ0) is 25.3. The van der Waals surface area contributed by atoms with Gasteiger partial charge in [0.25, 0.3) is 0 Å². The molecule has 3 rings (SSSR count). The van der Waals surface area contributed by atoms with Crippen molar-refractivity contribution >= 4 is 17.6 Å². The summed E-state index contributed by atoms with van der Waals surface area (Å²) in [7, 11) is 1.90. The molecule has 0 atom stereocenters. The Hall–Kier alpha value is -4.08. The molecule has 0 bridgehead atoms. The maximum absolute atomic E-state index is 13.3. The molecule has 0 aromatic heterocycles. The number of amides is 1. The molecule has 0 aliphatic heterocycles. The van der Waals surface area contributed by atoms with Gasteiger partial charge in [0.1, 0.15) is 18.2 Å². The molecule has 1 amide bonds. The van der Waals surface area contributed by atoms with Crippen molar-refractivity contribution in [1.29, 1.82) is 0 Å². The van der Waals surface area contributed by atoms with Crippen LogP contribution in [0.15, 0.2) is 72.8 Å². The van der Waals surface area contributed by atoms with Gasteiger partial charge in [0.2, 0.25) is 5.91 Å². The number of carboxylic acids is 1. The molecule has 0 saturated carbocycles. The number of hydrogen-bond donors (Lipinski definition) is 2. The number of anilines is 1. The molecule has 0 spiro atoms. The number of nitrogens with zero attached hydrogens (tertiary/aromatic N) is 1. The summed E-state index contributed by atoms with van der Waals surface area (Å²) in [6.45, 7) is 1.11. The first kappa shape index (κ1) is 26.2. The van der Waals surface area contributed by atoms with Crippen LogP contribution in [0, 0.1) is 5.82 Å². The number of carbonyl (C=O) groups is 2. The third-order valence-electron chi connectivity index (χ3n) is 4.52. The molecule has 180 valence electrons. The zero-order valence-corrected chi connectivity index (χ0v) is 18.1. The van der Waals surface area contributed by atoms with Crippen LogP contribution in [0.5, 0.6) is 5.75 Å². The second-order valence-corrected chi connectivity index (χ2v) is 7.02. The van der Waals surface area contributed by atoms with Crippen LogP contribution < -0.4 is 15.4 Å². The average molecular weight is 478 g/mol. The molecule has 0 heterocycles. The van der Waals surface area contributed by atoms with Crippen molar-refractivity contribution in [2.45, 2.75) is 6.18 Å². The Labute approximate surface area is 193 Å². The molecule has 0 unspecified atom stereocenters. The Morgan fingerprint density at radius 1 is 0.971 bits per heavy atom. The quantitative estimate of drug-likeness (QED) is 0.479. The van der Waals surface area contributed by atoms with Crippen LogP contribution in [0.4, 0.5) is 23.2 Å². The average Bonchev–Trinajstić information content (AvgIpc) is 2.79. The fourth-order valence-electron chi connectivity index (χ4n) is 2.74. The van der Waals surface area contributed by atoms with Crippen molar-refractivity contribution in [3.8, 4) is 16.9 Å². The third kappa shape index (κ3) is 8.12. The SMILES string of the molecule is CN(CCOc1ccc(-c2cccc(C(N)=O)c2)cc1)c1cccc(F)c1.O=C(O)C(F)(F)F. The number of carboxylic acid groups (broad SMARTS) is 1. The standard InChI is InChI=1S/C22H21FN2O2.C2HF3O2/c1-25(20-7-3-6-19(23)15-20)12-13-27-21-10-8-16(9-11-21)17-4-2-5-18(14-17)22(24)26;3-2(4,5)1(6)7/h2-11,14-15H,12-13H2,1H3,(H2,24,26);(H,6,7). The molecule has 3 N–H and O–H groups in total. The van der Waals surface area contributed by atoms with Crippen LogP contribution in [0.2, 0.25) is 0 Å². The van der Waals surface area contributed by atoms with E-state index >= 15 is 0 Å². The van der Waals surface area contributed by atoms with Crippen LogP contribution in [0.1, 0.15) is 10.4 Å². The molecule has 6 nitrogen and oxygen atoms in total. The molecule has 10 heteroatoms. The summed E-state index contributed by atoms with van der Waals surface area (Å²) >= 11 is 0. The predicted molar refractivity (Wildman–Crippen MR) is 119 cm³/mol. The molecule has 34 heavy (non-hydrogen) atoms. The van der Waals surface area contributed by atoms with Gasteiger partial charge in [-0.2, -0.15) is 13.2 Å². The number of carbonyl (C=O) groups excluding carboxylic acids is 1. The highest BCUT2D eigenvalue weighted by Crippen LogP contribution is 2.23. The van der Waals surface area contributed by atoms with E-state index in [-0.39, 0.29) is 5.82 Å². The first-order chi connectivity index (χ1) is 16.0. The van der Waals surface area contributed by atoms with Crippen molar-refractivity contribution in [3.05, 3.63) is 84.2 Å². The Bertz CT molecular complexity index is 1120. The van der Waals surface area contributed by atoms with E-state index in [9.17, 15) is 22.4 Å². The number of ether oxygens (including phenoxy) is 1. The normalized spacial score (nSPS) is 10.6. The summed E-state index contributed by atoms with van der Waals surface area (Å²) in [6.07, 6.45) is -5.08. The Kier molecular flexibility index (Phi) is 9.00. The van der Waals surface area contributed by atoms with Gasteiger partial charge in [-0.05, 0) is 53.6 Å². The first-order valence-corrected chi connectivity index (χ1v) is 9.87. The fourth-order valence-corrected chi connectivity index (χ4v) is 2.74. The van der Waals surface area contributed by atoms with Gasteiger partial charge in [0.15, 0.2) is 0 Å². The number of aliphatic carboxylic acids is 1. The van der Waals surface area contributed by atoms with Gasteiger partial charge in [-0.3, -0.25) is 4.79 Å². The Morgan fingerprint density at radius 3 is 2.15 bits per heavy atom. The monoisotopic (exact) mass is 478 g/mol. The van der Waals surface area contributed by atoms with Crippen molar-refractivity contribution < 1.29 is 37.0 Å². The summed E-state index contributed by atoms with van der Waals surface area (Å²) in [6, 6.07) is 21.3. The third-order valence-corrected chi connectivity index (χ3v) is 4.52. The molecule has 0 fully saturated rings. The Morgan fingerprint density at radius 2 is 1.59 bits per heavy atom. The second kappa shape index (κ2) is 11.7. The van der Waals surface area contributed by atoms with E-state index in [2.05, 4.69) is 0 Å². The van der Waals surface area contributed by atoms with E-state index < -0.39 is 18.1 Å². The minimum absolute atomic E-state index is 0.253. The number of primary amides is 1. The Balaban J connectivity index is 0.000000509. The molecular formula is C24H22F4N2O4. The molecule has 3 aromatic carbocycles. The number of hydrogen-bond acceptors (Lipinski definition) is 4. The zero-order valence-electron chi connectivity index (χ0n) is 18.1. The van der Waals surface area contributed by atoms with E-state index in [1.54, 1.807) is 18.2 Å². The maximum atomic E-state index is 13.3. The highest BCUT2D eigenvalue weighted by Gasteiger charge is 2.38. The van der Waals surface area contributed by atoms with Crippen molar-refractivity contribution in [2.24, 2.45) is 5.73 Å². The lowest BCUT2D eigenvalue weighted by molar-refractivity contribution is -0.192. The van der Waals surface area contributed by atoms with E-state index in [1.165, 1.54) is 12.1 Å². The van der Waals surface area contributed by atoms with Gasteiger partial charge in [-0.15, -0.1) is 0 Å². The van der Waals surface area contributed by atoms with E-state index in [4.69, 9.17) is 20.4 Å². The number of nitrogens with two attached hydrogens (primary N) is 1. The number of rotatable bonds is 7. The van der Waals surface area contributed by atoms with Crippen LogP contribution >= 0.6 is 0 Å². The summed E-state index contributed by atoms with van der Waals surface area (Å²) in [5.74, 6) is -2.71. The molecule has 0 radical (unpaired) electrons. The minimum atomic E-state index is -5.08. The highest BCUT2D eigenvalue weighted by molar-refractivity contribution is 5.94. The molecule has 0 saturated heterocycles. The second-order valence-electron chi connectivity index (χ2n) is 7.02. The smallest absolute Gasteiger partial charge is 0.490 e. The molecular weight excluding hydrogens is 456 g/mol. The van der Waals surface area contributed by atoms with Crippen molar-refractivity contribution in [1.82, 2.24) is 0 Å². The van der Waals surface area contributed by atoms with Gasteiger partial charge >= 0.3 is 12.1 Å². The number of likely N-dealkylation sites (N-methyl/N-ethyl adjacent to an activating group) is 1. The maximum Gasteiger partial charge on any atom is 0.490 e. The van der Waals surface area contributed by atoms with Gasteiger partial charge in [0, 0.05) is 18.3 Å². The topological polar surface area (TPSA) is 92.9 Å². The summed E-state index contributed by atoms with van der Waals surface area (Å²) in [5.41, 5.74) is 8.51. The molecule has 0 aliphatic rings. The summed E-state index contributed by atoms with van der Waals surface area (Å²) in [4.78, 5) is 22.1. The van der Waals surface area contributed by atoms with Gasteiger partial charge in [0.05, 0.1) is 6.54 Å². The van der Waals surface area contributed by atoms with Gasteiger partial charge in [-0.1, -0.05) is 30.3 Å². The van der Waals surface area contributed by atoms with Crippen molar-refractivity contribution in [3.63, 3.8) is 0 Å². The summed E-state index contributed by atoms with van der Waals surface area (Å²) < 4.78 is 50.8. The summed E-state index contributed by atoms with van der Waals surface area (Å²) in [5, 5.41) is 7.12. The van der Waals surface area contributed by atoms with Crippen LogP contribution in [0.25, 0.3) is 11.1 Å². The van der Waals surface area contributed by atoms with Crippen LogP contribution in [-0.2, 0) is 4.79 Å². The lowest BCUT2D eigenvalue weighted by atomic mass is 10.0. The van der Waals surface area contributed by atoms with E-state index in [0.29, 0.717) is 18.7 Å². The largest absolute Gasteiger partial charge is 0.492 e. The minimum Gasteiger partial charge on any atom is -0.492 e. The van der Waals surface area contributed by atoms with Crippen LogP contribution in [0.3, 0.4) is 0 Å². The molecule has 0 aliphatic carbocycles. The first-order valence-electron chi connectivity index (χ1n) is 9.87. The fraction of sp³-hybridized carbons (Fsp3) is 0.167. The number of halogens is 4. The lowest BCUT2D eigenvalue weighted by Gasteiger charge is -2.19. The van der Waals surface area contributed by atoms with Crippen LogP contribution in [-0.4, -0.2) is 43.4 Å². The predicted octanol–water partition coefficient (Wildman–Crippen LogP) is 4.74. The van der Waals surface area contributed by atoms with Gasteiger partial charge < -0.3 is 20.5 Å². The van der Waals surface area contributed by atoms with Gasteiger partial charge in [-0.25, -0.2) is 9.18 Å². The van der Waals surface area contributed by atoms with E-state index in [1.807, 2.05) is 54.4 Å². The number of alkyl halides is 3. The molecule has 3 aromatic rings. The highest BCUT2D eigenvalue weighted by atomic mass is 19.4.